The Labute approximate surface area is 602 Å². The lowest BCUT2D eigenvalue weighted by Gasteiger charge is -2.40. The number of benzene rings is 4. The van der Waals surface area contributed by atoms with Gasteiger partial charge in [-0.15, -0.1) is 0 Å². The first kappa shape index (κ1) is 77.6. The minimum Gasteiger partial charge on any atom is -0.481 e. The molecule has 0 aliphatic carbocycles. The Morgan fingerprint density at radius 3 is 2.15 bits per heavy atom. The molecule has 4 aromatic carbocycles. The fourth-order valence-corrected chi connectivity index (χ4v) is 14.0. The fraction of sp³-hybridized carbons (Fsp3) is 0.431. The van der Waals surface area contributed by atoms with Gasteiger partial charge in [-0.2, -0.15) is 0 Å². The van der Waals surface area contributed by atoms with Crippen molar-refractivity contribution in [1.82, 2.24) is 50.4 Å². The van der Waals surface area contributed by atoms with Crippen LogP contribution in [0.4, 0.5) is 37.1 Å². The second-order valence-corrected chi connectivity index (χ2v) is 28.2. The molecule has 3 aliphatic rings. The summed E-state index contributed by atoms with van der Waals surface area (Å²) in [7, 11) is 0.923. The summed E-state index contributed by atoms with van der Waals surface area (Å²) in [6.07, 6.45) is -1.06. The quantitative estimate of drug-likeness (QED) is 0.0191. The molecule has 556 valence electrons. The number of fused-ring (bicyclic) bond motifs is 5. The Morgan fingerprint density at radius 2 is 1.46 bits per heavy atom. The highest BCUT2D eigenvalue weighted by atomic mass is 32.2. The van der Waals surface area contributed by atoms with Crippen molar-refractivity contribution in [3.8, 4) is 11.4 Å². The smallest absolute Gasteiger partial charge is 0.343 e. The fourth-order valence-electron chi connectivity index (χ4n) is 12.9. The molecule has 0 bridgehead atoms. The number of cyclic esters (lactones) is 1. The van der Waals surface area contributed by atoms with E-state index in [0.717, 1.165) is 22.0 Å². The first-order chi connectivity index (χ1) is 49.5. The predicted octanol–water partition coefficient (Wildman–Crippen LogP) is 5.17. The van der Waals surface area contributed by atoms with Crippen LogP contribution in [-0.2, 0) is 73.4 Å². The maximum Gasteiger partial charge on any atom is 0.343 e. The van der Waals surface area contributed by atoms with Gasteiger partial charge in [-0.25, -0.2) is 32.6 Å². The van der Waals surface area contributed by atoms with Crippen LogP contribution in [0.25, 0.3) is 22.3 Å². The number of aliphatic carboxylic acids is 1. The molecule has 6 atom stereocenters. The molecule has 0 radical (unpaired) electrons. The van der Waals surface area contributed by atoms with Gasteiger partial charge in [0.2, 0.25) is 23.6 Å². The van der Waals surface area contributed by atoms with E-state index in [9.17, 15) is 66.6 Å². The number of likely N-dealkylation sites (tertiary alicyclic amines) is 1. The highest BCUT2D eigenvalue weighted by Crippen LogP contribution is 2.43. The number of anilines is 4. The third kappa shape index (κ3) is 18.6. The normalized spacial score (nSPS) is 16.4. The number of aryl methyl sites for hydroxylation is 1. The number of likely N-dealkylation sites (N-methyl/N-ethyl adjacent to an activating group) is 3. The summed E-state index contributed by atoms with van der Waals surface area (Å²) in [6, 6.07) is 20.6. The number of amides is 10. The Bertz CT molecular complexity index is 4400. The number of nitrogens with one attached hydrogen (secondary N) is 8. The number of nitrogens with zero attached hydrogens (tertiary/aromatic N) is 6. The number of carbonyl (C=O) groups excluding carboxylic acids is 8. The highest BCUT2D eigenvalue weighted by Gasteiger charge is 2.51. The molecular formula is C72H91N15O16S. The van der Waals surface area contributed by atoms with Crippen molar-refractivity contribution in [2.75, 3.05) is 87.6 Å². The summed E-state index contributed by atoms with van der Waals surface area (Å²) < 4.78 is 42.9. The van der Waals surface area contributed by atoms with Gasteiger partial charge in [0.25, 0.3) is 15.6 Å². The van der Waals surface area contributed by atoms with E-state index in [2.05, 4.69) is 41.9 Å². The number of urea groups is 3. The molecule has 12 N–H and O–H groups in total. The average molecular weight is 1450 g/mol. The van der Waals surface area contributed by atoms with Gasteiger partial charge >= 0.3 is 30.0 Å². The van der Waals surface area contributed by atoms with Crippen molar-refractivity contribution in [1.29, 1.82) is 0 Å². The van der Waals surface area contributed by atoms with Crippen molar-refractivity contribution in [3.63, 3.8) is 0 Å². The van der Waals surface area contributed by atoms with Gasteiger partial charge in [0.1, 0.15) is 18.7 Å². The number of esters is 1. The van der Waals surface area contributed by atoms with Gasteiger partial charge in [-0.05, 0) is 130 Å². The van der Waals surface area contributed by atoms with E-state index < -0.39 is 119 Å². The van der Waals surface area contributed by atoms with Gasteiger partial charge in [0, 0.05) is 85.6 Å². The Morgan fingerprint density at radius 1 is 0.779 bits per heavy atom. The third-order valence-electron chi connectivity index (χ3n) is 18.6. The summed E-state index contributed by atoms with van der Waals surface area (Å²) >= 11 is 0. The zero-order chi connectivity index (χ0) is 75.3. The van der Waals surface area contributed by atoms with Crippen LogP contribution in [0, 0.1) is 5.92 Å². The number of carboxylic acids is 1. The zero-order valence-electron chi connectivity index (χ0n) is 59.4. The van der Waals surface area contributed by atoms with Crippen molar-refractivity contribution in [2.45, 2.75) is 134 Å². The van der Waals surface area contributed by atoms with E-state index in [0.29, 0.717) is 68.2 Å². The van der Waals surface area contributed by atoms with E-state index in [1.807, 2.05) is 50.1 Å². The number of hydrogen-bond donors (Lipinski definition) is 11. The van der Waals surface area contributed by atoms with E-state index in [1.165, 1.54) is 70.5 Å². The maximum absolute atomic E-state index is 14.4. The molecule has 1 saturated heterocycles. The van der Waals surface area contributed by atoms with E-state index in [4.69, 9.17) is 20.2 Å². The number of aliphatic hydroxyl groups excluding tert-OH is 1. The molecule has 31 nitrogen and oxygen atoms in total. The number of nitrogens with two attached hydrogens (primary N) is 1. The molecule has 3 aliphatic heterocycles. The number of primary amides is 1. The lowest BCUT2D eigenvalue weighted by atomic mass is 9.85. The first-order valence-corrected chi connectivity index (χ1v) is 36.0. The van der Waals surface area contributed by atoms with Gasteiger partial charge < -0.3 is 81.9 Å². The van der Waals surface area contributed by atoms with Crippen LogP contribution in [-0.4, -0.2) is 193 Å². The Hall–Kier alpha value is -10.5. The van der Waals surface area contributed by atoms with Crippen molar-refractivity contribution in [3.05, 3.63) is 141 Å². The molecule has 9 rings (SSSR count). The molecule has 0 spiro atoms. The monoisotopic (exact) mass is 1450 g/mol. The lowest BCUT2D eigenvalue weighted by molar-refractivity contribution is -0.230. The van der Waals surface area contributed by atoms with Crippen molar-refractivity contribution in [2.24, 2.45) is 11.7 Å². The van der Waals surface area contributed by atoms with Crippen molar-refractivity contribution < 1.29 is 71.3 Å². The number of para-hydroxylation sites is 1. The Kier molecular flexibility index (Phi) is 25.5. The molecule has 2 aromatic heterocycles. The number of sulfonamides is 1. The summed E-state index contributed by atoms with van der Waals surface area (Å²) in [5.41, 5.74) is 8.75. The molecule has 5 heterocycles. The van der Waals surface area contributed by atoms with Crippen LogP contribution in [0.2, 0.25) is 0 Å². The predicted molar refractivity (Wildman–Crippen MR) is 387 cm³/mol. The van der Waals surface area contributed by atoms with Crippen LogP contribution in [0.5, 0.6) is 0 Å². The number of aromatic nitrogens is 2. The molecular weight excluding hydrogens is 1360 g/mol. The van der Waals surface area contributed by atoms with Gasteiger partial charge in [-0.1, -0.05) is 71.0 Å². The average Bonchev–Trinajstić information content (AvgIpc) is 1.46. The molecule has 10 amide bonds. The number of hydrogen-bond acceptors (Lipinski definition) is 18. The Balaban J connectivity index is 0.725. The van der Waals surface area contributed by atoms with Gasteiger partial charge in [0.05, 0.1) is 65.4 Å². The summed E-state index contributed by atoms with van der Waals surface area (Å²) in [4.78, 5) is 145. The standard InChI is InChI=1S/C72H91N15O16S/c1-9-28-74-69(97)76-46-18-15-20-48(35-46)104(100,101)82-47-19-14-17-43(34-47)55(38-61(90)91)80-70(98)75-44-24-26-45(27-25-44)77-71(99)85(8)33-32-83(6)30-31-84(7)40-60(89)78-56(37-59(73)88)66(94)86-29-16-23-57(86)64(92)81-62(42(4)5)67(95)103-72(11-3)53-36-58-63-51(39-87(58)65(93)52(53)41-102-68(72)96)49(10-2)50-21-12-13-22-54(50)79-63/h12-15,17-22,24-27,34-36,42,55-57,62,67,82,95H,9-11,16,23,28-33,37-41H2,1-8H3,(H2,73,88)(H,77,99)(H,78,89)(H,81,92)(H,90,91)(H2,74,76,97)(H2,75,80,98)/t55-,56+,57+,62+,67?,72+/m1/s1. The minimum absolute atomic E-state index is 0.0658. The number of carbonyl (C=O) groups is 9. The van der Waals surface area contributed by atoms with E-state index in [-0.39, 0.29) is 84.1 Å². The van der Waals surface area contributed by atoms with Crippen LogP contribution in [0.3, 0.4) is 0 Å². The summed E-state index contributed by atoms with van der Waals surface area (Å²) in [6.45, 7) is 10.8. The minimum atomic E-state index is -4.20. The molecule has 1 fully saturated rings. The summed E-state index contributed by atoms with van der Waals surface area (Å²) in [5.74, 6) is -5.45. The highest BCUT2D eigenvalue weighted by molar-refractivity contribution is 7.92. The van der Waals surface area contributed by atoms with Crippen LogP contribution >= 0.6 is 0 Å². The number of carboxylic acid groups (broad SMARTS) is 1. The SMILES string of the molecule is CCCNC(=O)Nc1cccc(S(=O)(=O)Nc2cccc([C@@H](CC(=O)O)NC(=O)Nc3ccc(NC(=O)N(C)CCN(C)CCN(C)CC(=O)N[C@@H](CC(N)=O)C(=O)N4CCC[C@H]4C(=O)N[C@@H](C(C)C)C(O)O[C@]4(CC)C(=O)OCc5c4cc4n(c5=O)Cc5c-4nc4ccccc4c5CC)cc3)c2)c1. The summed E-state index contributed by atoms with van der Waals surface area (Å²) in [5, 5.41) is 41.6. The van der Waals surface area contributed by atoms with Gasteiger partial charge in [-0.3, -0.25) is 38.4 Å². The lowest BCUT2D eigenvalue weighted by Crippen LogP contribution is -2.59. The van der Waals surface area contributed by atoms with Crippen molar-refractivity contribution >= 4 is 97.3 Å². The number of pyridine rings is 2. The second kappa shape index (κ2) is 34.2. The maximum atomic E-state index is 14.4. The number of aliphatic hydroxyl groups is 1. The van der Waals surface area contributed by atoms with Crippen LogP contribution < -0.4 is 53.2 Å². The van der Waals surface area contributed by atoms with E-state index >= 15 is 0 Å². The van der Waals surface area contributed by atoms with Gasteiger partial charge in [0.15, 0.2) is 11.9 Å². The number of ether oxygens (including phenoxy) is 2. The van der Waals surface area contributed by atoms with Crippen LogP contribution in [0.15, 0.2) is 113 Å². The molecule has 32 heteroatoms. The largest absolute Gasteiger partial charge is 0.481 e. The number of rotatable bonds is 32. The molecule has 6 aromatic rings. The van der Waals surface area contributed by atoms with Crippen LogP contribution in [0.1, 0.15) is 107 Å². The molecule has 104 heavy (non-hydrogen) atoms. The molecule has 0 saturated carbocycles. The zero-order valence-corrected chi connectivity index (χ0v) is 60.2. The van der Waals surface area contributed by atoms with E-state index in [1.54, 1.807) is 62.5 Å². The first-order valence-electron chi connectivity index (χ1n) is 34.5. The molecule has 1 unspecified atom stereocenters. The third-order valence-corrected chi connectivity index (χ3v) is 19.9. The topological polar surface area (TPSA) is 417 Å². The second-order valence-electron chi connectivity index (χ2n) is 26.5.